The Morgan fingerprint density at radius 2 is 1.97 bits per heavy atom. The van der Waals surface area contributed by atoms with Gasteiger partial charge in [0.2, 0.25) is 5.91 Å². The van der Waals surface area contributed by atoms with Crippen LogP contribution in [0.25, 0.3) is 11.1 Å². The van der Waals surface area contributed by atoms with E-state index in [9.17, 15) is 4.79 Å². The zero-order valence-corrected chi connectivity index (χ0v) is 19.5. The zero-order valence-electron chi connectivity index (χ0n) is 19.5. The summed E-state index contributed by atoms with van der Waals surface area (Å²) in [6.07, 6.45) is 4.12. The minimum atomic E-state index is -0.280. The molecule has 176 valence electrons. The summed E-state index contributed by atoms with van der Waals surface area (Å²) in [6.45, 7) is 5.04. The Labute approximate surface area is 200 Å². The van der Waals surface area contributed by atoms with Crippen LogP contribution in [0.5, 0.6) is 0 Å². The first-order valence-electron chi connectivity index (χ1n) is 12.5. The molecule has 2 aromatic carbocycles. The van der Waals surface area contributed by atoms with E-state index in [0.29, 0.717) is 19.6 Å². The third-order valence-electron chi connectivity index (χ3n) is 7.33. The number of aromatic nitrogens is 3. The normalized spacial score (nSPS) is 19.4. The summed E-state index contributed by atoms with van der Waals surface area (Å²) in [6, 6.07) is 15.7. The van der Waals surface area contributed by atoms with Crippen LogP contribution in [0.4, 0.5) is 0 Å². The van der Waals surface area contributed by atoms with Crippen LogP contribution in [0, 0.1) is 0 Å². The standard InChI is InChI=1S/C27H31N5O2/c33-27(24-6-3-15-34-24)28-11-9-25-29-30-26-10-12-31(13-14-32(25)26)18-19-7-8-23-21(16-19)17-20-4-1-2-5-22(20)23/h1-2,4-5,7-8,16,24H,3,6,9-15,17-18H2,(H,28,33)/t24-/m1/s1. The van der Waals surface area contributed by atoms with Crippen molar-refractivity contribution in [2.24, 2.45) is 0 Å². The minimum Gasteiger partial charge on any atom is -0.368 e. The van der Waals surface area contributed by atoms with Crippen LogP contribution in [0.2, 0.25) is 0 Å². The first-order valence-corrected chi connectivity index (χ1v) is 12.5. The number of ether oxygens (including phenoxy) is 1. The fraction of sp³-hybridized carbons (Fsp3) is 0.444. The van der Waals surface area contributed by atoms with Gasteiger partial charge in [0.05, 0.1) is 0 Å². The highest BCUT2D eigenvalue weighted by molar-refractivity contribution is 5.81. The molecule has 6 rings (SSSR count). The molecule has 0 radical (unpaired) electrons. The van der Waals surface area contributed by atoms with Crippen molar-refractivity contribution in [2.75, 3.05) is 26.2 Å². The molecule has 1 fully saturated rings. The summed E-state index contributed by atoms with van der Waals surface area (Å²) in [4.78, 5) is 14.7. The van der Waals surface area contributed by atoms with Gasteiger partial charge >= 0.3 is 0 Å². The first-order chi connectivity index (χ1) is 16.7. The molecule has 1 saturated heterocycles. The molecule has 2 aliphatic heterocycles. The lowest BCUT2D eigenvalue weighted by atomic mass is 10.0. The minimum absolute atomic E-state index is 0.00303. The highest BCUT2D eigenvalue weighted by Gasteiger charge is 2.24. The van der Waals surface area contributed by atoms with Crippen molar-refractivity contribution in [3.63, 3.8) is 0 Å². The fourth-order valence-electron chi connectivity index (χ4n) is 5.52. The Bertz CT molecular complexity index is 1200. The predicted molar refractivity (Wildman–Crippen MR) is 129 cm³/mol. The molecule has 3 heterocycles. The van der Waals surface area contributed by atoms with Crippen molar-refractivity contribution in [3.8, 4) is 11.1 Å². The number of carbonyl (C=O) groups is 1. The van der Waals surface area contributed by atoms with Gasteiger partial charge in [-0.25, -0.2) is 0 Å². The van der Waals surface area contributed by atoms with E-state index in [2.05, 4.69) is 67.4 Å². The third kappa shape index (κ3) is 4.26. The third-order valence-corrected chi connectivity index (χ3v) is 7.33. The van der Waals surface area contributed by atoms with E-state index in [-0.39, 0.29) is 12.0 Å². The fourth-order valence-corrected chi connectivity index (χ4v) is 5.52. The number of fused-ring (bicyclic) bond motifs is 4. The molecule has 0 saturated carbocycles. The Kier molecular flexibility index (Phi) is 5.89. The van der Waals surface area contributed by atoms with Crippen molar-refractivity contribution in [3.05, 3.63) is 70.8 Å². The van der Waals surface area contributed by atoms with Gasteiger partial charge in [-0.2, -0.15) is 0 Å². The Hall–Kier alpha value is -3.03. The SMILES string of the molecule is O=C(NCCc1nnc2n1CCN(Cc1ccc3c(c1)Cc1ccccc1-3)CC2)[C@H]1CCCO1. The van der Waals surface area contributed by atoms with Crippen LogP contribution < -0.4 is 5.32 Å². The van der Waals surface area contributed by atoms with Crippen LogP contribution in [-0.2, 0) is 41.9 Å². The number of nitrogens with one attached hydrogen (secondary N) is 1. The second-order valence-electron chi connectivity index (χ2n) is 9.58. The van der Waals surface area contributed by atoms with Crippen LogP contribution in [0.1, 0.15) is 41.2 Å². The van der Waals surface area contributed by atoms with Gasteiger partial charge in [-0.15, -0.1) is 10.2 Å². The van der Waals surface area contributed by atoms with E-state index < -0.39 is 0 Å². The maximum Gasteiger partial charge on any atom is 0.249 e. The first kappa shape index (κ1) is 21.5. The van der Waals surface area contributed by atoms with Gasteiger partial charge in [0, 0.05) is 52.2 Å². The van der Waals surface area contributed by atoms with Gasteiger partial charge in [-0.05, 0) is 47.1 Å². The number of hydrogen-bond donors (Lipinski definition) is 1. The van der Waals surface area contributed by atoms with E-state index in [4.69, 9.17) is 4.74 Å². The van der Waals surface area contributed by atoms with E-state index in [0.717, 1.165) is 63.5 Å². The number of benzene rings is 2. The van der Waals surface area contributed by atoms with Gasteiger partial charge < -0.3 is 14.6 Å². The average Bonchev–Trinajstić information content (AvgIpc) is 3.57. The van der Waals surface area contributed by atoms with Gasteiger partial charge in [0.15, 0.2) is 0 Å². The molecule has 0 spiro atoms. The van der Waals surface area contributed by atoms with Crippen LogP contribution in [0.3, 0.4) is 0 Å². The van der Waals surface area contributed by atoms with Crippen molar-refractivity contribution >= 4 is 5.91 Å². The van der Waals surface area contributed by atoms with E-state index in [1.165, 1.54) is 27.8 Å². The molecule has 0 bridgehead atoms. The van der Waals surface area contributed by atoms with Crippen LogP contribution in [-0.4, -0.2) is 57.9 Å². The molecule has 0 unspecified atom stereocenters. The molecule has 1 amide bonds. The number of rotatable bonds is 6. The Morgan fingerprint density at radius 3 is 2.88 bits per heavy atom. The largest absolute Gasteiger partial charge is 0.368 e. The summed E-state index contributed by atoms with van der Waals surface area (Å²) >= 11 is 0. The average molecular weight is 458 g/mol. The maximum absolute atomic E-state index is 12.2. The van der Waals surface area contributed by atoms with Crippen molar-refractivity contribution in [1.82, 2.24) is 25.0 Å². The lowest BCUT2D eigenvalue weighted by Gasteiger charge is -2.20. The summed E-state index contributed by atoms with van der Waals surface area (Å²) in [5.74, 6) is 2.00. The molecular formula is C27H31N5O2. The zero-order chi connectivity index (χ0) is 22.9. The highest BCUT2D eigenvalue weighted by atomic mass is 16.5. The van der Waals surface area contributed by atoms with E-state index in [1.54, 1.807) is 0 Å². The molecule has 1 aliphatic carbocycles. The monoisotopic (exact) mass is 457 g/mol. The number of hydrogen-bond acceptors (Lipinski definition) is 5. The van der Waals surface area contributed by atoms with Crippen LogP contribution >= 0.6 is 0 Å². The molecule has 7 nitrogen and oxygen atoms in total. The predicted octanol–water partition coefficient (Wildman–Crippen LogP) is 2.75. The second kappa shape index (κ2) is 9.31. The molecule has 1 aromatic heterocycles. The van der Waals surface area contributed by atoms with Crippen LogP contribution in [0.15, 0.2) is 42.5 Å². The Balaban J connectivity index is 1.05. The van der Waals surface area contributed by atoms with Gasteiger partial charge in [-0.3, -0.25) is 9.69 Å². The molecule has 34 heavy (non-hydrogen) atoms. The number of amides is 1. The molecule has 3 aromatic rings. The Morgan fingerprint density at radius 1 is 1.06 bits per heavy atom. The highest BCUT2D eigenvalue weighted by Crippen LogP contribution is 2.36. The van der Waals surface area contributed by atoms with Crippen molar-refractivity contribution in [2.45, 2.75) is 51.3 Å². The molecule has 7 heteroatoms. The lowest BCUT2D eigenvalue weighted by molar-refractivity contribution is -0.130. The molecule has 1 atom stereocenters. The molecule has 1 N–H and O–H groups in total. The van der Waals surface area contributed by atoms with E-state index in [1.807, 2.05) is 0 Å². The molecular weight excluding hydrogens is 426 g/mol. The summed E-state index contributed by atoms with van der Waals surface area (Å²) in [5, 5.41) is 11.9. The summed E-state index contributed by atoms with van der Waals surface area (Å²) < 4.78 is 7.71. The summed E-state index contributed by atoms with van der Waals surface area (Å²) in [7, 11) is 0. The quantitative estimate of drug-likeness (QED) is 0.482. The van der Waals surface area contributed by atoms with E-state index >= 15 is 0 Å². The van der Waals surface area contributed by atoms with Crippen molar-refractivity contribution in [1.29, 1.82) is 0 Å². The second-order valence-corrected chi connectivity index (χ2v) is 9.58. The number of nitrogens with zero attached hydrogens (tertiary/aromatic N) is 4. The maximum atomic E-state index is 12.2. The van der Waals surface area contributed by atoms with Gasteiger partial charge in [0.25, 0.3) is 0 Å². The lowest BCUT2D eigenvalue weighted by Crippen LogP contribution is -2.35. The van der Waals surface area contributed by atoms with Gasteiger partial charge in [-0.1, -0.05) is 42.5 Å². The topological polar surface area (TPSA) is 72.3 Å². The smallest absolute Gasteiger partial charge is 0.249 e. The number of carbonyl (C=O) groups excluding carboxylic acids is 1. The van der Waals surface area contributed by atoms with Crippen molar-refractivity contribution < 1.29 is 9.53 Å². The van der Waals surface area contributed by atoms with Gasteiger partial charge in [0.1, 0.15) is 17.8 Å². The molecule has 3 aliphatic rings. The summed E-state index contributed by atoms with van der Waals surface area (Å²) in [5.41, 5.74) is 7.02.